The van der Waals surface area contributed by atoms with Crippen LogP contribution in [-0.2, 0) is 28.6 Å². The molecular weight excluding hydrogens is 588 g/mol. The summed E-state index contributed by atoms with van der Waals surface area (Å²) in [5.74, 6) is -0.0926. The molecule has 6 heteroatoms. The van der Waals surface area contributed by atoms with Crippen molar-refractivity contribution < 1.29 is 28.6 Å². The van der Waals surface area contributed by atoms with Gasteiger partial charge >= 0.3 is 17.9 Å². The summed E-state index contributed by atoms with van der Waals surface area (Å²) in [6.45, 7) is 8.88. The molecule has 0 radical (unpaired) electrons. The second-order valence-electron chi connectivity index (χ2n) is 14.4. The van der Waals surface area contributed by atoms with Crippen molar-refractivity contribution in [1.82, 2.24) is 0 Å². The van der Waals surface area contributed by atoms with Crippen LogP contribution in [0.4, 0.5) is 0 Å². The third kappa shape index (κ3) is 35.5. The molecule has 0 unspecified atom stereocenters. The molecule has 0 N–H and O–H groups in total. The number of carbonyl (C=O) groups is 3. The number of unbranched alkanes of at least 4 members (excludes halogenated alkanes) is 23. The number of hydrogen-bond acceptors (Lipinski definition) is 6. The third-order valence-electron chi connectivity index (χ3n) is 9.04. The lowest BCUT2D eigenvalue weighted by molar-refractivity contribution is -0.167. The molecule has 0 aliphatic carbocycles. The van der Waals surface area contributed by atoms with E-state index in [1.54, 1.807) is 0 Å². The summed E-state index contributed by atoms with van der Waals surface area (Å²) in [5.41, 5.74) is 0. The lowest BCUT2D eigenvalue weighted by Crippen LogP contribution is -2.30. The summed E-state index contributed by atoms with van der Waals surface area (Å²) in [6, 6.07) is 0. The van der Waals surface area contributed by atoms with E-state index in [0.29, 0.717) is 19.3 Å². The zero-order chi connectivity index (χ0) is 34.6. The Morgan fingerprint density at radius 2 is 0.702 bits per heavy atom. The first kappa shape index (κ1) is 45.4. The summed E-state index contributed by atoms with van der Waals surface area (Å²) < 4.78 is 16.6. The van der Waals surface area contributed by atoms with E-state index in [-0.39, 0.29) is 31.1 Å². The highest BCUT2D eigenvalue weighted by atomic mass is 16.6. The predicted molar refractivity (Wildman–Crippen MR) is 196 cm³/mol. The molecule has 0 saturated heterocycles. The van der Waals surface area contributed by atoms with Crippen LogP contribution < -0.4 is 0 Å². The summed E-state index contributed by atoms with van der Waals surface area (Å²) in [6.07, 6.45) is 32.4. The first-order valence-electron chi connectivity index (χ1n) is 20.4. The first-order chi connectivity index (χ1) is 22.9. The monoisotopic (exact) mass is 667 g/mol. The van der Waals surface area contributed by atoms with Crippen molar-refractivity contribution in [2.24, 2.45) is 5.92 Å². The minimum absolute atomic E-state index is 0.0656. The number of hydrogen-bond donors (Lipinski definition) is 0. The molecule has 0 rings (SSSR count). The average Bonchev–Trinajstić information content (AvgIpc) is 3.05. The van der Waals surface area contributed by atoms with Gasteiger partial charge in [-0.15, -0.1) is 0 Å². The molecule has 0 aromatic rings. The van der Waals surface area contributed by atoms with Gasteiger partial charge in [0.15, 0.2) is 6.10 Å². The van der Waals surface area contributed by atoms with Gasteiger partial charge in [-0.2, -0.15) is 0 Å². The van der Waals surface area contributed by atoms with Gasteiger partial charge in [0.05, 0.1) is 0 Å². The van der Waals surface area contributed by atoms with E-state index < -0.39 is 6.10 Å². The van der Waals surface area contributed by atoms with Gasteiger partial charge in [-0.3, -0.25) is 14.4 Å². The second kappa shape index (κ2) is 35.7. The SMILES string of the molecule is CCCCCCCCCCCCCCC(=O)OC[C@H](COC(=O)CCCCCCCCC)OC(=O)CCCCCCCCCC(C)C. The van der Waals surface area contributed by atoms with Crippen LogP contribution in [0.3, 0.4) is 0 Å². The Morgan fingerprint density at radius 1 is 0.404 bits per heavy atom. The molecular formula is C41H78O6. The normalized spacial score (nSPS) is 11.9. The zero-order valence-electron chi connectivity index (χ0n) is 31.7. The van der Waals surface area contributed by atoms with Crippen LogP contribution in [0, 0.1) is 5.92 Å². The molecule has 278 valence electrons. The third-order valence-corrected chi connectivity index (χ3v) is 9.04. The number of ether oxygens (including phenoxy) is 3. The van der Waals surface area contributed by atoms with Crippen LogP contribution in [0.5, 0.6) is 0 Å². The standard InChI is InChI=1S/C41H78O6/c1-5-7-9-11-13-14-15-16-17-21-25-29-33-40(43)46-36-38(35-45-39(42)32-28-24-19-12-10-8-6-2)47-41(44)34-30-26-22-18-20-23-27-31-37(3)4/h37-38H,5-36H2,1-4H3/t38-/m0/s1. The van der Waals surface area contributed by atoms with Gasteiger partial charge in [0.2, 0.25) is 0 Å². The molecule has 0 saturated carbocycles. The Balaban J connectivity index is 4.31. The van der Waals surface area contributed by atoms with Gasteiger partial charge in [-0.1, -0.05) is 182 Å². The van der Waals surface area contributed by atoms with Crippen molar-refractivity contribution >= 4 is 17.9 Å². The summed E-state index contributed by atoms with van der Waals surface area (Å²) in [7, 11) is 0. The maximum absolute atomic E-state index is 12.6. The van der Waals surface area contributed by atoms with E-state index in [0.717, 1.165) is 63.7 Å². The molecule has 47 heavy (non-hydrogen) atoms. The van der Waals surface area contributed by atoms with Gasteiger partial charge < -0.3 is 14.2 Å². The fourth-order valence-corrected chi connectivity index (χ4v) is 5.92. The quantitative estimate of drug-likeness (QED) is 0.0376. The minimum Gasteiger partial charge on any atom is -0.462 e. The lowest BCUT2D eigenvalue weighted by Gasteiger charge is -2.18. The Kier molecular flexibility index (Phi) is 34.5. The van der Waals surface area contributed by atoms with E-state index in [1.807, 2.05) is 0 Å². The number of rotatable bonds is 36. The Bertz CT molecular complexity index is 706. The summed E-state index contributed by atoms with van der Waals surface area (Å²) >= 11 is 0. The molecule has 0 bridgehead atoms. The molecule has 0 aromatic heterocycles. The highest BCUT2D eigenvalue weighted by Gasteiger charge is 2.19. The Hall–Kier alpha value is -1.59. The van der Waals surface area contributed by atoms with Crippen LogP contribution in [0.2, 0.25) is 0 Å². The van der Waals surface area contributed by atoms with Crippen molar-refractivity contribution in [2.45, 2.75) is 226 Å². The van der Waals surface area contributed by atoms with Gasteiger partial charge in [0, 0.05) is 19.3 Å². The predicted octanol–water partition coefficient (Wildman–Crippen LogP) is 12.4. The number of esters is 3. The molecule has 6 nitrogen and oxygen atoms in total. The van der Waals surface area contributed by atoms with Crippen LogP contribution in [0.15, 0.2) is 0 Å². The highest BCUT2D eigenvalue weighted by Crippen LogP contribution is 2.15. The topological polar surface area (TPSA) is 78.9 Å². The fourth-order valence-electron chi connectivity index (χ4n) is 5.92. The van der Waals surface area contributed by atoms with Gasteiger partial charge in [0.1, 0.15) is 13.2 Å². The van der Waals surface area contributed by atoms with E-state index in [1.165, 1.54) is 116 Å². The fraction of sp³-hybridized carbons (Fsp3) is 0.927. The van der Waals surface area contributed by atoms with Crippen molar-refractivity contribution in [3.63, 3.8) is 0 Å². The maximum Gasteiger partial charge on any atom is 0.306 e. The van der Waals surface area contributed by atoms with E-state index in [2.05, 4.69) is 27.7 Å². The number of carbonyl (C=O) groups excluding carboxylic acids is 3. The smallest absolute Gasteiger partial charge is 0.306 e. The van der Waals surface area contributed by atoms with Crippen LogP contribution in [0.1, 0.15) is 220 Å². The largest absolute Gasteiger partial charge is 0.462 e. The second-order valence-corrected chi connectivity index (χ2v) is 14.4. The molecule has 1 atom stereocenters. The van der Waals surface area contributed by atoms with Gasteiger partial charge in [-0.05, 0) is 25.2 Å². The molecule has 0 aromatic carbocycles. The summed E-state index contributed by atoms with van der Waals surface area (Å²) in [5, 5.41) is 0. The molecule has 0 aliphatic heterocycles. The van der Waals surface area contributed by atoms with E-state index in [9.17, 15) is 14.4 Å². The van der Waals surface area contributed by atoms with Gasteiger partial charge in [-0.25, -0.2) is 0 Å². The van der Waals surface area contributed by atoms with Gasteiger partial charge in [0.25, 0.3) is 0 Å². The zero-order valence-corrected chi connectivity index (χ0v) is 31.7. The van der Waals surface area contributed by atoms with Crippen molar-refractivity contribution in [2.75, 3.05) is 13.2 Å². The Morgan fingerprint density at radius 3 is 1.04 bits per heavy atom. The van der Waals surface area contributed by atoms with Crippen LogP contribution in [0.25, 0.3) is 0 Å². The average molecular weight is 667 g/mol. The van der Waals surface area contributed by atoms with Crippen LogP contribution >= 0.6 is 0 Å². The molecule has 0 heterocycles. The summed E-state index contributed by atoms with van der Waals surface area (Å²) in [4.78, 5) is 37.4. The molecule has 0 amide bonds. The Labute approximate surface area is 291 Å². The minimum atomic E-state index is -0.757. The first-order valence-corrected chi connectivity index (χ1v) is 20.4. The molecule has 0 spiro atoms. The van der Waals surface area contributed by atoms with Crippen LogP contribution in [-0.4, -0.2) is 37.2 Å². The van der Waals surface area contributed by atoms with Crippen molar-refractivity contribution in [3.05, 3.63) is 0 Å². The molecule has 0 fully saturated rings. The van der Waals surface area contributed by atoms with Crippen molar-refractivity contribution in [1.29, 1.82) is 0 Å². The lowest BCUT2D eigenvalue weighted by atomic mass is 10.0. The van der Waals surface area contributed by atoms with Crippen molar-refractivity contribution in [3.8, 4) is 0 Å². The van der Waals surface area contributed by atoms with E-state index in [4.69, 9.17) is 14.2 Å². The van der Waals surface area contributed by atoms with E-state index >= 15 is 0 Å². The maximum atomic E-state index is 12.6. The molecule has 0 aliphatic rings. The highest BCUT2D eigenvalue weighted by molar-refractivity contribution is 5.71.